The maximum Gasteiger partial charge on any atom is 0.335 e. The molecule has 2 rings (SSSR count). The van der Waals surface area contributed by atoms with Gasteiger partial charge >= 0.3 is 5.97 Å². The summed E-state index contributed by atoms with van der Waals surface area (Å²) in [6.45, 7) is 4.85. The van der Waals surface area contributed by atoms with Gasteiger partial charge < -0.3 is 10.0 Å². The minimum atomic E-state index is -0.910. The van der Waals surface area contributed by atoms with Crippen LogP contribution in [0.2, 0.25) is 0 Å². The molecule has 2 aromatic rings. The van der Waals surface area contributed by atoms with Crippen molar-refractivity contribution in [1.82, 2.24) is 4.98 Å². The first-order valence-corrected chi connectivity index (χ1v) is 7.84. The van der Waals surface area contributed by atoms with E-state index in [9.17, 15) is 9.90 Å². The van der Waals surface area contributed by atoms with Crippen molar-refractivity contribution in [3.8, 4) is 0 Å². The summed E-state index contributed by atoms with van der Waals surface area (Å²) in [6.07, 6.45) is 0.935. The van der Waals surface area contributed by atoms with Gasteiger partial charge in [-0.15, -0.1) is 11.3 Å². The molecule has 0 atom stereocenters. The summed E-state index contributed by atoms with van der Waals surface area (Å²) in [5.41, 5.74) is 1.11. The number of nitrogens with zero attached hydrogens (tertiary/aromatic N) is 2. The second-order valence-corrected chi connectivity index (χ2v) is 6.38. The summed E-state index contributed by atoms with van der Waals surface area (Å²) in [6, 6.07) is 7.45. The fraction of sp³-hybridized carbons (Fsp3) is 0.375. The predicted octanol–water partition coefficient (Wildman–Crippen LogP) is 3.64. The third-order valence-electron chi connectivity index (χ3n) is 3.33. The van der Waals surface area contributed by atoms with Crippen LogP contribution < -0.4 is 4.90 Å². The van der Waals surface area contributed by atoms with Crippen molar-refractivity contribution < 1.29 is 9.90 Å². The zero-order valence-electron chi connectivity index (χ0n) is 12.5. The smallest absolute Gasteiger partial charge is 0.335 e. The van der Waals surface area contributed by atoms with Gasteiger partial charge in [-0.1, -0.05) is 19.9 Å². The number of carboxylic acids is 1. The average molecular weight is 304 g/mol. The van der Waals surface area contributed by atoms with E-state index in [0.717, 1.165) is 24.5 Å². The van der Waals surface area contributed by atoms with E-state index in [1.807, 2.05) is 31.9 Å². The molecule has 0 unspecified atom stereocenters. The molecule has 112 valence electrons. The third kappa shape index (κ3) is 4.04. The molecule has 1 N–H and O–H groups in total. The van der Waals surface area contributed by atoms with Gasteiger partial charge in [0.2, 0.25) is 0 Å². The number of thiophene rings is 1. The minimum Gasteiger partial charge on any atom is -0.478 e. The van der Waals surface area contributed by atoms with Gasteiger partial charge in [0.15, 0.2) is 0 Å². The molecule has 0 aliphatic heterocycles. The fourth-order valence-electron chi connectivity index (χ4n) is 2.00. The maximum absolute atomic E-state index is 11.3. The van der Waals surface area contributed by atoms with Crippen LogP contribution in [-0.4, -0.2) is 29.7 Å². The van der Waals surface area contributed by atoms with Crippen molar-refractivity contribution >= 4 is 23.1 Å². The molecule has 0 spiro atoms. The summed E-state index contributed by atoms with van der Waals surface area (Å²) < 4.78 is 0. The Morgan fingerprint density at radius 3 is 2.76 bits per heavy atom. The van der Waals surface area contributed by atoms with Gasteiger partial charge in [-0.25, -0.2) is 9.78 Å². The third-order valence-corrected chi connectivity index (χ3v) is 4.27. The van der Waals surface area contributed by atoms with Crippen molar-refractivity contribution in [2.75, 3.05) is 18.5 Å². The van der Waals surface area contributed by atoms with Crippen LogP contribution >= 0.6 is 11.3 Å². The number of aromatic carboxylic acids is 1. The van der Waals surface area contributed by atoms with Crippen LogP contribution in [0, 0.1) is 0 Å². The number of aromatic nitrogens is 1. The molecule has 2 aromatic heterocycles. The first-order valence-electron chi connectivity index (χ1n) is 6.96. The van der Waals surface area contributed by atoms with Gasteiger partial charge in [0.1, 0.15) is 5.82 Å². The van der Waals surface area contributed by atoms with Gasteiger partial charge in [0, 0.05) is 24.2 Å². The lowest BCUT2D eigenvalue weighted by Gasteiger charge is -2.20. The topological polar surface area (TPSA) is 53.4 Å². The maximum atomic E-state index is 11.3. The lowest BCUT2D eigenvalue weighted by molar-refractivity contribution is 0.0696. The van der Waals surface area contributed by atoms with E-state index in [4.69, 9.17) is 0 Å². The van der Waals surface area contributed by atoms with Crippen LogP contribution in [0.25, 0.3) is 0 Å². The van der Waals surface area contributed by atoms with Crippen LogP contribution in [0.4, 0.5) is 5.82 Å². The quantitative estimate of drug-likeness (QED) is 0.885. The predicted molar refractivity (Wildman–Crippen MR) is 86.6 cm³/mol. The molecule has 0 saturated carbocycles. The SMILES string of the molecule is CC(C)c1cc(C(=O)O)cc(N(C)CCc2cccs2)n1. The van der Waals surface area contributed by atoms with Gasteiger partial charge in [0.25, 0.3) is 0 Å². The van der Waals surface area contributed by atoms with Crippen molar-refractivity contribution in [3.63, 3.8) is 0 Å². The first-order chi connectivity index (χ1) is 9.97. The Morgan fingerprint density at radius 1 is 1.43 bits per heavy atom. The Labute approximate surface area is 129 Å². The number of hydrogen-bond acceptors (Lipinski definition) is 4. The van der Waals surface area contributed by atoms with Gasteiger partial charge in [-0.05, 0) is 35.9 Å². The van der Waals surface area contributed by atoms with E-state index in [1.165, 1.54) is 4.88 Å². The molecule has 0 aliphatic rings. The van der Waals surface area contributed by atoms with Crippen molar-refractivity contribution in [2.45, 2.75) is 26.2 Å². The summed E-state index contributed by atoms with van der Waals surface area (Å²) in [7, 11) is 1.95. The van der Waals surface area contributed by atoms with E-state index < -0.39 is 5.97 Å². The van der Waals surface area contributed by atoms with Crippen molar-refractivity contribution in [2.24, 2.45) is 0 Å². The Balaban J connectivity index is 2.18. The number of likely N-dealkylation sites (N-methyl/N-ethyl adjacent to an activating group) is 1. The van der Waals surface area contributed by atoms with Gasteiger partial charge in [0.05, 0.1) is 5.56 Å². The first kappa shape index (κ1) is 15.5. The van der Waals surface area contributed by atoms with Crippen LogP contribution in [0.15, 0.2) is 29.6 Å². The summed E-state index contributed by atoms with van der Waals surface area (Å²) in [5, 5.41) is 11.3. The van der Waals surface area contributed by atoms with E-state index >= 15 is 0 Å². The summed E-state index contributed by atoms with van der Waals surface area (Å²) >= 11 is 1.74. The fourth-order valence-corrected chi connectivity index (χ4v) is 2.70. The molecular formula is C16H20N2O2S. The zero-order valence-corrected chi connectivity index (χ0v) is 13.4. The zero-order chi connectivity index (χ0) is 15.4. The number of pyridine rings is 1. The number of carbonyl (C=O) groups is 1. The van der Waals surface area contributed by atoms with E-state index in [-0.39, 0.29) is 5.92 Å². The van der Waals surface area contributed by atoms with Crippen LogP contribution in [0.5, 0.6) is 0 Å². The molecular weight excluding hydrogens is 284 g/mol. The molecule has 5 heteroatoms. The second kappa shape index (κ2) is 6.72. The molecule has 0 saturated heterocycles. The standard InChI is InChI=1S/C16H20N2O2S/c1-11(2)14-9-12(16(19)20)10-15(17-14)18(3)7-6-13-5-4-8-21-13/h4-5,8-11H,6-7H2,1-3H3,(H,19,20). The molecule has 0 radical (unpaired) electrons. The molecule has 0 amide bonds. The highest BCUT2D eigenvalue weighted by molar-refractivity contribution is 7.09. The molecule has 0 aliphatic carbocycles. The highest BCUT2D eigenvalue weighted by Crippen LogP contribution is 2.20. The number of anilines is 1. The van der Waals surface area contributed by atoms with Crippen molar-refractivity contribution in [3.05, 3.63) is 45.8 Å². The molecule has 4 nitrogen and oxygen atoms in total. The number of rotatable bonds is 6. The highest BCUT2D eigenvalue weighted by Gasteiger charge is 2.13. The van der Waals surface area contributed by atoms with E-state index in [0.29, 0.717) is 5.56 Å². The largest absolute Gasteiger partial charge is 0.478 e. The number of hydrogen-bond donors (Lipinski definition) is 1. The molecule has 0 bridgehead atoms. The summed E-state index contributed by atoms with van der Waals surface area (Å²) in [4.78, 5) is 19.2. The number of carboxylic acid groups (broad SMARTS) is 1. The van der Waals surface area contributed by atoms with Crippen LogP contribution in [-0.2, 0) is 6.42 Å². The Kier molecular flexibility index (Phi) is 4.96. The normalized spacial score (nSPS) is 10.9. The molecule has 0 fully saturated rings. The van der Waals surface area contributed by atoms with Gasteiger partial charge in [-0.2, -0.15) is 0 Å². The molecule has 2 heterocycles. The Bertz CT molecular complexity index is 609. The van der Waals surface area contributed by atoms with E-state index in [1.54, 1.807) is 23.5 Å². The highest BCUT2D eigenvalue weighted by atomic mass is 32.1. The van der Waals surface area contributed by atoms with Crippen LogP contribution in [0.1, 0.15) is 40.7 Å². The lowest BCUT2D eigenvalue weighted by Crippen LogP contribution is -2.22. The van der Waals surface area contributed by atoms with E-state index in [2.05, 4.69) is 16.4 Å². The minimum absolute atomic E-state index is 0.203. The average Bonchev–Trinajstić information content (AvgIpc) is 2.97. The Hall–Kier alpha value is -1.88. The Morgan fingerprint density at radius 2 is 2.19 bits per heavy atom. The summed E-state index contributed by atoms with van der Waals surface area (Å²) in [5.74, 6) is 0.0103. The van der Waals surface area contributed by atoms with Crippen molar-refractivity contribution in [1.29, 1.82) is 0 Å². The molecule has 21 heavy (non-hydrogen) atoms. The second-order valence-electron chi connectivity index (χ2n) is 5.35. The lowest BCUT2D eigenvalue weighted by atomic mass is 10.1. The monoisotopic (exact) mass is 304 g/mol. The van der Waals surface area contributed by atoms with Gasteiger partial charge in [-0.3, -0.25) is 0 Å². The van der Waals surface area contributed by atoms with Crippen LogP contribution in [0.3, 0.4) is 0 Å². The molecule has 0 aromatic carbocycles.